The first kappa shape index (κ1) is 23.7. The van der Waals surface area contributed by atoms with E-state index in [0.29, 0.717) is 12.2 Å². The minimum Gasteiger partial charge on any atom is -0.495 e. The van der Waals surface area contributed by atoms with Gasteiger partial charge in [0.15, 0.2) is 0 Å². The van der Waals surface area contributed by atoms with Crippen LogP contribution >= 0.6 is 0 Å². The molecule has 0 N–H and O–H groups in total. The molecule has 1 aliphatic carbocycles. The molecule has 0 amide bonds. The lowest BCUT2D eigenvalue weighted by Gasteiger charge is -2.36. The third kappa shape index (κ3) is 5.03. The van der Waals surface area contributed by atoms with Gasteiger partial charge in [0.05, 0.1) is 19.4 Å². The SMILES string of the molecule is COc1ccccc1N1CCN(CCCCOc2ccc3c4c(c(=O)oc3c2C)CCCC4)CC1. The summed E-state index contributed by atoms with van der Waals surface area (Å²) in [5.74, 6) is 1.77. The van der Waals surface area contributed by atoms with E-state index in [2.05, 4.69) is 28.0 Å². The number of ether oxygens (including phenoxy) is 2. The molecular weight excluding hydrogens is 440 g/mol. The summed E-state index contributed by atoms with van der Waals surface area (Å²) in [6.45, 7) is 7.91. The van der Waals surface area contributed by atoms with E-state index in [1.54, 1.807) is 7.11 Å². The zero-order valence-electron chi connectivity index (χ0n) is 21.0. The van der Waals surface area contributed by atoms with E-state index < -0.39 is 0 Å². The summed E-state index contributed by atoms with van der Waals surface area (Å²) in [5.41, 5.74) is 4.70. The molecule has 1 saturated heterocycles. The van der Waals surface area contributed by atoms with Gasteiger partial charge in [-0.05, 0) is 81.8 Å². The van der Waals surface area contributed by atoms with Crippen LogP contribution < -0.4 is 20.0 Å². The van der Waals surface area contributed by atoms with Crippen LogP contribution in [0, 0.1) is 6.92 Å². The standard InChI is InChI=1S/C29H36N2O4/c1-21-26(14-13-23-22-9-3-4-10-24(22)29(32)35-28(21)23)34-20-8-7-15-30-16-18-31(19-17-30)25-11-5-6-12-27(25)33-2/h5-6,11-14H,3-4,7-10,15-20H2,1-2H3. The largest absolute Gasteiger partial charge is 0.495 e. The van der Waals surface area contributed by atoms with Gasteiger partial charge in [0.25, 0.3) is 0 Å². The van der Waals surface area contributed by atoms with Gasteiger partial charge in [0, 0.05) is 42.7 Å². The molecule has 5 rings (SSSR count). The first-order valence-electron chi connectivity index (χ1n) is 13.0. The zero-order chi connectivity index (χ0) is 24.2. The van der Waals surface area contributed by atoms with Crippen molar-refractivity contribution in [3.05, 3.63) is 63.5 Å². The Morgan fingerprint density at radius 1 is 0.914 bits per heavy atom. The molecule has 1 fully saturated rings. The van der Waals surface area contributed by atoms with E-state index in [-0.39, 0.29) is 5.63 Å². The number of para-hydroxylation sites is 2. The van der Waals surface area contributed by atoms with Crippen molar-refractivity contribution in [2.75, 3.05) is 51.3 Å². The topological polar surface area (TPSA) is 55.2 Å². The number of anilines is 1. The maximum absolute atomic E-state index is 12.5. The van der Waals surface area contributed by atoms with Crippen molar-refractivity contribution >= 4 is 16.7 Å². The molecule has 186 valence electrons. The summed E-state index contributed by atoms with van der Waals surface area (Å²) in [4.78, 5) is 17.4. The number of methoxy groups -OCH3 is 1. The Bertz CT molecular complexity index is 1230. The smallest absolute Gasteiger partial charge is 0.339 e. The van der Waals surface area contributed by atoms with Crippen LogP contribution in [0.3, 0.4) is 0 Å². The number of fused-ring (bicyclic) bond motifs is 3. The summed E-state index contributed by atoms with van der Waals surface area (Å²) in [7, 11) is 1.74. The minimum atomic E-state index is -0.168. The molecule has 0 spiro atoms. The summed E-state index contributed by atoms with van der Waals surface area (Å²) in [6, 6.07) is 12.4. The molecule has 35 heavy (non-hydrogen) atoms. The van der Waals surface area contributed by atoms with E-state index in [0.717, 1.165) is 99.3 Å². The Hall–Kier alpha value is -2.99. The van der Waals surface area contributed by atoms with E-state index in [1.807, 2.05) is 25.1 Å². The molecule has 2 heterocycles. The van der Waals surface area contributed by atoms with Crippen molar-refractivity contribution in [2.45, 2.75) is 45.4 Å². The van der Waals surface area contributed by atoms with Gasteiger partial charge in [-0.15, -0.1) is 0 Å². The molecular formula is C29H36N2O4. The number of hydrogen-bond donors (Lipinski definition) is 0. The fourth-order valence-electron chi connectivity index (χ4n) is 5.50. The predicted molar refractivity (Wildman–Crippen MR) is 140 cm³/mol. The second-order valence-electron chi connectivity index (χ2n) is 9.68. The van der Waals surface area contributed by atoms with Crippen LogP contribution in [0.4, 0.5) is 5.69 Å². The molecule has 0 bridgehead atoms. The van der Waals surface area contributed by atoms with Crippen LogP contribution in [0.2, 0.25) is 0 Å². The minimum absolute atomic E-state index is 0.168. The Labute approximate surface area is 207 Å². The molecule has 2 aromatic carbocycles. The average Bonchev–Trinajstić information content (AvgIpc) is 2.90. The summed E-state index contributed by atoms with van der Waals surface area (Å²) in [6.07, 6.45) is 6.10. The van der Waals surface area contributed by atoms with Crippen LogP contribution in [0.5, 0.6) is 11.5 Å². The fraction of sp³-hybridized carbons (Fsp3) is 0.483. The first-order chi connectivity index (χ1) is 17.2. The number of hydrogen-bond acceptors (Lipinski definition) is 6. The normalized spacial score (nSPS) is 16.3. The molecule has 0 unspecified atom stereocenters. The Morgan fingerprint density at radius 3 is 2.49 bits per heavy atom. The highest BCUT2D eigenvalue weighted by Gasteiger charge is 2.21. The highest BCUT2D eigenvalue weighted by atomic mass is 16.5. The van der Waals surface area contributed by atoms with Crippen LogP contribution in [0.15, 0.2) is 45.6 Å². The molecule has 2 aliphatic rings. The molecule has 0 radical (unpaired) electrons. The molecule has 1 aromatic heterocycles. The van der Waals surface area contributed by atoms with Crippen molar-refractivity contribution in [1.82, 2.24) is 4.90 Å². The number of nitrogens with zero attached hydrogens (tertiary/aromatic N) is 2. The second kappa shape index (κ2) is 10.7. The molecule has 0 atom stereocenters. The van der Waals surface area contributed by atoms with Gasteiger partial charge in [0.1, 0.15) is 17.1 Å². The Balaban J connectivity index is 1.10. The van der Waals surface area contributed by atoms with Gasteiger partial charge in [-0.3, -0.25) is 4.90 Å². The third-order valence-electron chi connectivity index (χ3n) is 7.51. The third-order valence-corrected chi connectivity index (χ3v) is 7.51. The highest BCUT2D eigenvalue weighted by molar-refractivity contribution is 5.86. The van der Waals surface area contributed by atoms with E-state index in [4.69, 9.17) is 13.9 Å². The van der Waals surface area contributed by atoms with Gasteiger partial charge in [-0.1, -0.05) is 12.1 Å². The average molecular weight is 477 g/mol. The van der Waals surface area contributed by atoms with E-state index >= 15 is 0 Å². The van der Waals surface area contributed by atoms with Crippen molar-refractivity contribution in [1.29, 1.82) is 0 Å². The van der Waals surface area contributed by atoms with Gasteiger partial charge < -0.3 is 18.8 Å². The van der Waals surface area contributed by atoms with Crippen molar-refractivity contribution in [2.24, 2.45) is 0 Å². The number of benzene rings is 2. The Kier molecular flexibility index (Phi) is 7.28. The summed E-state index contributed by atoms with van der Waals surface area (Å²) in [5, 5.41) is 1.08. The van der Waals surface area contributed by atoms with E-state index in [1.165, 1.54) is 11.3 Å². The van der Waals surface area contributed by atoms with Crippen LogP contribution in [-0.4, -0.2) is 51.3 Å². The number of rotatable bonds is 8. The van der Waals surface area contributed by atoms with Crippen molar-refractivity contribution in [3.63, 3.8) is 0 Å². The molecule has 3 aromatic rings. The number of piperazine rings is 1. The Morgan fingerprint density at radius 2 is 1.69 bits per heavy atom. The van der Waals surface area contributed by atoms with Gasteiger partial charge in [0.2, 0.25) is 0 Å². The highest BCUT2D eigenvalue weighted by Crippen LogP contribution is 2.33. The van der Waals surface area contributed by atoms with Crippen molar-refractivity contribution < 1.29 is 13.9 Å². The van der Waals surface area contributed by atoms with Crippen LogP contribution in [0.1, 0.15) is 42.4 Å². The predicted octanol–water partition coefficient (Wildman–Crippen LogP) is 4.97. The molecule has 6 heteroatoms. The number of aryl methyl sites for hydroxylation is 2. The quantitative estimate of drug-likeness (QED) is 0.338. The van der Waals surface area contributed by atoms with Crippen molar-refractivity contribution in [3.8, 4) is 11.5 Å². The molecule has 0 saturated carbocycles. The summed E-state index contributed by atoms with van der Waals surface area (Å²) < 4.78 is 17.4. The summed E-state index contributed by atoms with van der Waals surface area (Å²) >= 11 is 0. The second-order valence-corrected chi connectivity index (χ2v) is 9.68. The zero-order valence-corrected chi connectivity index (χ0v) is 21.0. The van der Waals surface area contributed by atoms with Crippen LogP contribution in [0.25, 0.3) is 11.0 Å². The maximum Gasteiger partial charge on any atom is 0.339 e. The molecule has 6 nitrogen and oxygen atoms in total. The lowest BCUT2D eigenvalue weighted by molar-refractivity contribution is 0.238. The number of unbranched alkanes of at least 4 members (excludes halogenated alkanes) is 1. The maximum atomic E-state index is 12.5. The van der Waals surface area contributed by atoms with E-state index in [9.17, 15) is 4.79 Å². The molecule has 1 aliphatic heterocycles. The van der Waals surface area contributed by atoms with Gasteiger partial charge in [-0.25, -0.2) is 4.79 Å². The first-order valence-corrected chi connectivity index (χ1v) is 13.0. The fourth-order valence-corrected chi connectivity index (χ4v) is 5.50. The lowest BCUT2D eigenvalue weighted by Crippen LogP contribution is -2.46. The van der Waals surface area contributed by atoms with Crippen LogP contribution in [-0.2, 0) is 12.8 Å². The van der Waals surface area contributed by atoms with Gasteiger partial charge >= 0.3 is 5.63 Å². The lowest BCUT2D eigenvalue weighted by atomic mass is 9.90. The monoisotopic (exact) mass is 476 g/mol. The van der Waals surface area contributed by atoms with Gasteiger partial charge in [-0.2, -0.15) is 0 Å².